The number of halogens is 2. The van der Waals surface area contributed by atoms with Crippen molar-refractivity contribution >= 4 is 45.6 Å². The van der Waals surface area contributed by atoms with Gasteiger partial charge in [-0.2, -0.15) is 0 Å². The Bertz CT molecular complexity index is 782. The molecule has 0 fully saturated rings. The molecule has 2 aromatic rings. The van der Waals surface area contributed by atoms with E-state index >= 15 is 0 Å². The number of hydrogen-bond donors (Lipinski definition) is 1. The second kappa shape index (κ2) is 8.26. The number of carbonyl (C=O) groups is 2. The minimum atomic E-state index is -0.788. The van der Waals surface area contributed by atoms with Crippen LogP contribution in [0.5, 0.6) is 5.75 Å². The molecule has 134 valence electrons. The van der Waals surface area contributed by atoms with Crippen LogP contribution in [0, 0.1) is 11.7 Å². The van der Waals surface area contributed by atoms with E-state index in [2.05, 4.69) is 4.98 Å². The van der Waals surface area contributed by atoms with Gasteiger partial charge in [0.05, 0.1) is 18.5 Å². The Kier molecular flexibility index (Phi) is 6.33. The van der Waals surface area contributed by atoms with Crippen molar-refractivity contribution in [1.82, 2.24) is 4.98 Å². The first-order chi connectivity index (χ1) is 11.8. The van der Waals surface area contributed by atoms with Crippen molar-refractivity contribution in [3.05, 3.63) is 34.5 Å². The summed E-state index contributed by atoms with van der Waals surface area (Å²) in [5, 5.41) is 0.234. The number of hydrogen-bond acceptors (Lipinski definition) is 5. The van der Waals surface area contributed by atoms with E-state index in [4.69, 9.17) is 22.1 Å². The number of nitrogens with two attached hydrogens (primary N) is 1. The average Bonchev–Trinajstić information content (AvgIpc) is 2.92. The SMILES string of the molecule is CC(C)COc1cc(F)ccc1N(C(=O)CC(N)=O)c1ncc(Cl)s1. The summed E-state index contributed by atoms with van der Waals surface area (Å²) >= 11 is 6.95. The Labute approximate surface area is 153 Å². The van der Waals surface area contributed by atoms with E-state index in [0.717, 1.165) is 16.2 Å². The minimum Gasteiger partial charge on any atom is -0.491 e. The molecular weight excluding hydrogens is 369 g/mol. The number of aromatic nitrogens is 1. The summed E-state index contributed by atoms with van der Waals surface area (Å²) in [7, 11) is 0. The van der Waals surface area contributed by atoms with Gasteiger partial charge in [0.1, 0.15) is 22.3 Å². The van der Waals surface area contributed by atoms with Crippen molar-refractivity contribution in [3.8, 4) is 5.75 Å². The number of amides is 2. The minimum absolute atomic E-state index is 0.165. The second-order valence-electron chi connectivity index (χ2n) is 5.64. The van der Waals surface area contributed by atoms with Crippen LogP contribution in [-0.2, 0) is 9.59 Å². The molecule has 0 saturated heterocycles. The number of benzene rings is 1. The molecule has 0 bridgehead atoms. The largest absolute Gasteiger partial charge is 0.491 e. The van der Waals surface area contributed by atoms with Gasteiger partial charge in [0.25, 0.3) is 0 Å². The fourth-order valence-corrected chi connectivity index (χ4v) is 2.90. The van der Waals surface area contributed by atoms with Crippen molar-refractivity contribution in [2.45, 2.75) is 20.3 Å². The highest BCUT2D eigenvalue weighted by Crippen LogP contribution is 2.38. The van der Waals surface area contributed by atoms with Crippen LogP contribution in [0.15, 0.2) is 24.4 Å². The molecule has 1 heterocycles. The van der Waals surface area contributed by atoms with E-state index in [0.29, 0.717) is 10.9 Å². The Balaban J connectivity index is 2.49. The molecule has 0 spiro atoms. The topological polar surface area (TPSA) is 85.5 Å². The molecule has 25 heavy (non-hydrogen) atoms. The summed E-state index contributed by atoms with van der Waals surface area (Å²) < 4.78 is 19.7. The van der Waals surface area contributed by atoms with E-state index in [-0.39, 0.29) is 22.5 Å². The third-order valence-electron chi connectivity index (χ3n) is 2.97. The van der Waals surface area contributed by atoms with Gasteiger partial charge in [-0.15, -0.1) is 0 Å². The van der Waals surface area contributed by atoms with Crippen LogP contribution in [0.4, 0.5) is 15.2 Å². The predicted molar refractivity (Wildman–Crippen MR) is 94.8 cm³/mol. The predicted octanol–water partition coefficient (Wildman–Crippen LogP) is 3.51. The zero-order chi connectivity index (χ0) is 18.6. The number of carbonyl (C=O) groups excluding carboxylic acids is 2. The van der Waals surface area contributed by atoms with Crippen LogP contribution >= 0.6 is 22.9 Å². The highest BCUT2D eigenvalue weighted by molar-refractivity contribution is 7.19. The highest BCUT2D eigenvalue weighted by Gasteiger charge is 2.26. The Morgan fingerprint density at radius 3 is 2.72 bits per heavy atom. The van der Waals surface area contributed by atoms with E-state index in [1.165, 1.54) is 24.4 Å². The quantitative estimate of drug-likeness (QED) is 0.739. The van der Waals surface area contributed by atoms with Gasteiger partial charge < -0.3 is 10.5 Å². The molecule has 0 unspecified atom stereocenters. The molecule has 1 aromatic carbocycles. The maximum Gasteiger partial charge on any atom is 0.242 e. The molecule has 2 N–H and O–H groups in total. The van der Waals surface area contributed by atoms with Crippen LogP contribution in [0.1, 0.15) is 20.3 Å². The molecule has 0 aliphatic carbocycles. The number of anilines is 2. The molecule has 1 aromatic heterocycles. The lowest BCUT2D eigenvalue weighted by Gasteiger charge is -2.23. The lowest BCUT2D eigenvalue weighted by Crippen LogP contribution is -2.30. The Morgan fingerprint density at radius 1 is 1.44 bits per heavy atom. The zero-order valence-electron chi connectivity index (χ0n) is 13.7. The molecule has 0 aliphatic rings. The van der Waals surface area contributed by atoms with Gasteiger partial charge in [-0.3, -0.25) is 14.5 Å². The summed E-state index contributed by atoms with van der Waals surface area (Å²) in [5.41, 5.74) is 5.40. The van der Waals surface area contributed by atoms with Crippen LogP contribution in [0.25, 0.3) is 0 Å². The Morgan fingerprint density at radius 2 is 2.16 bits per heavy atom. The average molecular weight is 386 g/mol. The lowest BCUT2D eigenvalue weighted by molar-refractivity contribution is -0.125. The van der Waals surface area contributed by atoms with E-state index < -0.39 is 24.1 Å². The normalized spacial score (nSPS) is 10.8. The van der Waals surface area contributed by atoms with Gasteiger partial charge >= 0.3 is 0 Å². The monoisotopic (exact) mass is 385 g/mol. The van der Waals surface area contributed by atoms with Crippen molar-refractivity contribution in [2.24, 2.45) is 11.7 Å². The summed E-state index contributed by atoms with van der Waals surface area (Å²) in [6, 6.07) is 3.76. The highest BCUT2D eigenvalue weighted by atomic mass is 35.5. The van der Waals surface area contributed by atoms with E-state index in [1.54, 1.807) is 0 Å². The van der Waals surface area contributed by atoms with Crippen molar-refractivity contribution in [2.75, 3.05) is 11.5 Å². The lowest BCUT2D eigenvalue weighted by atomic mass is 10.2. The van der Waals surface area contributed by atoms with E-state index in [9.17, 15) is 14.0 Å². The molecule has 0 saturated carbocycles. The van der Waals surface area contributed by atoms with Crippen molar-refractivity contribution < 1.29 is 18.7 Å². The zero-order valence-corrected chi connectivity index (χ0v) is 15.2. The molecule has 6 nitrogen and oxygen atoms in total. The third kappa shape index (κ3) is 5.14. The van der Waals surface area contributed by atoms with Crippen LogP contribution in [-0.4, -0.2) is 23.4 Å². The fourth-order valence-electron chi connectivity index (χ4n) is 1.97. The summed E-state index contributed by atoms with van der Waals surface area (Å²) in [5.74, 6) is -1.55. The summed E-state index contributed by atoms with van der Waals surface area (Å²) in [4.78, 5) is 28.9. The van der Waals surface area contributed by atoms with Crippen LogP contribution in [0.3, 0.4) is 0 Å². The molecule has 0 radical (unpaired) electrons. The van der Waals surface area contributed by atoms with Crippen LogP contribution in [0.2, 0.25) is 4.34 Å². The first-order valence-corrected chi connectivity index (χ1v) is 8.62. The first kappa shape index (κ1) is 19.1. The van der Waals surface area contributed by atoms with Gasteiger partial charge in [-0.05, 0) is 18.1 Å². The van der Waals surface area contributed by atoms with Crippen molar-refractivity contribution in [3.63, 3.8) is 0 Å². The number of thiazole rings is 1. The van der Waals surface area contributed by atoms with Gasteiger partial charge in [-0.25, -0.2) is 9.37 Å². The molecule has 0 aliphatic heterocycles. The summed E-state index contributed by atoms with van der Waals surface area (Å²) in [6.45, 7) is 4.21. The summed E-state index contributed by atoms with van der Waals surface area (Å²) in [6.07, 6.45) is 0.850. The first-order valence-electron chi connectivity index (χ1n) is 7.43. The smallest absolute Gasteiger partial charge is 0.242 e. The van der Waals surface area contributed by atoms with Gasteiger partial charge in [-0.1, -0.05) is 36.8 Å². The number of ether oxygens (including phenoxy) is 1. The van der Waals surface area contributed by atoms with Gasteiger partial charge in [0.15, 0.2) is 5.13 Å². The maximum absolute atomic E-state index is 13.7. The molecule has 0 atom stereocenters. The van der Waals surface area contributed by atoms with Gasteiger partial charge in [0, 0.05) is 6.07 Å². The second-order valence-corrected chi connectivity index (χ2v) is 7.28. The number of nitrogens with zero attached hydrogens (tertiary/aromatic N) is 2. The molecule has 2 amide bonds. The molecule has 9 heteroatoms. The Hall–Kier alpha value is -2.19. The molecular formula is C16H17ClFN3O3S. The van der Waals surface area contributed by atoms with Crippen LogP contribution < -0.4 is 15.4 Å². The standard InChI is InChI=1S/C16H17ClFN3O3S/c1-9(2)8-24-12-5-10(18)3-4-11(12)21(15(23)6-14(19)22)16-20-7-13(17)25-16/h3-5,7,9H,6,8H2,1-2H3,(H2,19,22). The van der Waals surface area contributed by atoms with E-state index in [1.807, 2.05) is 13.8 Å². The van der Waals surface area contributed by atoms with Crippen molar-refractivity contribution in [1.29, 1.82) is 0 Å². The van der Waals surface area contributed by atoms with Gasteiger partial charge in [0.2, 0.25) is 11.8 Å². The number of rotatable bonds is 7. The maximum atomic E-state index is 13.7. The third-order valence-corrected chi connectivity index (χ3v) is 4.07. The number of primary amides is 1. The molecule has 2 rings (SSSR count). The fraction of sp³-hybridized carbons (Fsp3) is 0.312.